The van der Waals surface area contributed by atoms with E-state index in [4.69, 9.17) is 9.47 Å². The van der Waals surface area contributed by atoms with Gasteiger partial charge in [-0.2, -0.15) is 4.68 Å². The molecule has 0 saturated carbocycles. The van der Waals surface area contributed by atoms with Crippen molar-refractivity contribution < 1.29 is 14.3 Å². The summed E-state index contributed by atoms with van der Waals surface area (Å²) >= 11 is 0. The molecular formula is C18H19N5O3. The van der Waals surface area contributed by atoms with Gasteiger partial charge in [-0.3, -0.25) is 4.79 Å². The fourth-order valence-electron chi connectivity index (χ4n) is 2.44. The Hall–Kier alpha value is -3.42. The van der Waals surface area contributed by atoms with Gasteiger partial charge in [-0.15, -0.1) is 5.10 Å². The summed E-state index contributed by atoms with van der Waals surface area (Å²) in [6, 6.07) is 12.8. The number of amides is 1. The summed E-state index contributed by atoms with van der Waals surface area (Å²) < 4.78 is 12.0. The second-order valence-corrected chi connectivity index (χ2v) is 5.59. The van der Waals surface area contributed by atoms with Crippen molar-refractivity contribution in [1.82, 2.24) is 25.5 Å². The highest BCUT2D eigenvalue weighted by Gasteiger charge is 2.13. The van der Waals surface area contributed by atoms with Gasteiger partial charge >= 0.3 is 0 Å². The van der Waals surface area contributed by atoms with Crippen LogP contribution in [0.3, 0.4) is 0 Å². The van der Waals surface area contributed by atoms with E-state index in [9.17, 15) is 4.79 Å². The molecule has 0 aliphatic rings. The molecule has 1 amide bonds. The largest absolute Gasteiger partial charge is 0.493 e. The number of rotatable bonds is 6. The van der Waals surface area contributed by atoms with Gasteiger partial charge in [0.2, 0.25) is 0 Å². The van der Waals surface area contributed by atoms with Crippen LogP contribution in [0.15, 0.2) is 42.5 Å². The summed E-state index contributed by atoms with van der Waals surface area (Å²) in [7, 11) is 3.07. The topological polar surface area (TPSA) is 91.2 Å². The maximum atomic E-state index is 12.4. The second kappa shape index (κ2) is 7.64. The Balaban J connectivity index is 1.73. The molecule has 2 aromatic carbocycles. The maximum Gasteiger partial charge on any atom is 0.251 e. The van der Waals surface area contributed by atoms with Crippen LogP contribution in [0.1, 0.15) is 21.7 Å². The zero-order valence-electron chi connectivity index (χ0n) is 14.8. The fraction of sp³-hybridized carbons (Fsp3) is 0.222. The minimum Gasteiger partial charge on any atom is -0.493 e. The molecule has 0 aliphatic heterocycles. The van der Waals surface area contributed by atoms with Crippen LogP contribution in [0, 0.1) is 6.92 Å². The number of methoxy groups -OCH3 is 2. The third-order valence-electron chi connectivity index (χ3n) is 3.87. The van der Waals surface area contributed by atoms with Crippen molar-refractivity contribution in [1.29, 1.82) is 0 Å². The molecule has 3 rings (SSSR count). The lowest BCUT2D eigenvalue weighted by atomic mass is 10.2. The lowest BCUT2D eigenvalue weighted by Gasteiger charge is -2.10. The molecule has 0 radical (unpaired) electrons. The minimum atomic E-state index is -0.260. The average molecular weight is 353 g/mol. The molecule has 1 aromatic heterocycles. The van der Waals surface area contributed by atoms with E-state index in [0.717, 1.165) is 11.3 Å². The van der Waals surface area contributed by atoms with Gasteiger partial charge in [-0.25, -0.2) is 0 Å². The number of hydrogen-bond donors (Lipinski definition) is 1. The van der Waals surface area contributed by atoms with Crippen molar-refractivity contribution in [2.24, 2.45) is 0 Å². The maximum absolute atomic E-state index is 12.4. The minimum absolute atomic E-state index is 0.189. The van der Waals surface area contributed by atoms with Gasteiger partial charge in [0.1, 0.15) is 0 Å². The van der Waals surface area contributed by atoms with Crippen molar-refractivity contribution in [2.45, 2.75) is 13.5 Å². The van der Waals surface area contributed by atoms with Crippen molar-refractivity contribution in [3.63, 3.8) is 0 Å². The monoisotopic (exact) mass is 353 g/mol. The van der Waals surface area contributed by atoms with Gasteiger partial charge in [-0.1, -0.05) is 17.7 Å². The normalized spacial score (nSPS) is 10.4. The number of aromatic nitrogens is 4. The Morgan fingerprint density at radius 3 is 2.50 bits per heavy atom. The summed E-state index contributed by atoms with van der Waals surface area (Å²) in [4.78, 5) is 12.4. The van der Waals surface area contributed by atoms with Crippen LogP contribution in [0.5, 0.6) is 11.5 Å². The molecule has 0 aliphatic carbocycles. The van der Waals surface area contributed by atoms with Crippen LogP contribution in [-0.4, -0.2) is 40.3 Å². The predicted molar refractivity (Wildman–Crippen MR) is 94.6 cm³/mol. The summed E-state index contributed by atoms with van der Waals surface area (Å²) in [6.07, 6.45) is 0. The standard InChI is InChI=1S/C18H19N5O3/c1-12-4-7-14(8-5-12)23-17(20-21-22-23)11-19-18(24)13-6-9-15(25-2)16(10-13)26-3/h4-10H,11H2,1-3H3,(H,19,24). The molecule has 0 atom stereocenters. The average Bonchev–Trinajstić information content (AvgIpc) is 3.14. The predicted octanol–water partition coefficient (Wildman–Crippen LogP) is 1.92. The first-order valence-corrected chi connectivity index (χ1v) is 7.97. The first kappa shape index (κ1) is 17.4. The number of benzene rings is 2. The van der Waals surface area contributed by atoms with E-state index in [1.807, 2.05) is 31.2 Å². The van der Waals surface area contributed by atoms with E-state index in [1.165, 1.54) is 7.11 Å². The van der Waals surface area contributed by atoms with Crippen molar-refractivity contribution in [2.75, 3.05) is 14.2 Å². The van der Waals surface area contributed by atoms with E-state index >= 15 is 0 Å². The Kier molecular flexibility index (Phi) is 5.12. The Labute approximate surface area is 150 Å². The van der Waals surface area contributed by atoms with E-state index in [-0.39, 0.29) is 12.5 Å². The third-order valence-corrected chi connectivity index (χ3v) is 3.87. The molecule has 0 spiro atoms. The molecule has 0 fully saturated rings. The van der Waals surface area contributed by atoms with Crippen molar-refractivity contribution in [3.05, 3.63) is 59.4 Å². The van der Waals surface area contributed by atoms with Crippen molar-refractivity contribution >= 4 is 5.91 Å². The number of tetrazole rings is 1. The molecule has 134 valence electrons. The Morgan fingerprint density at radius 1 is 1.08 bits per heavy atom. The molecular weight excluding hydrogens is 334 g/mol. The fourth-order valence-corrected chi connectivity index (χ4v) is 2.44. The summed E-state index contributed by atoms with van der Waals surface area (Å²) in [5.74, 6) is 1.32. The molecule has 0 unspecified atom stereocenters. The zero-order chi connectivity index (χ0) is 18.5. The molecule has 8 nitrogen and oxygen atoms in total. The highest BCUT2D eigenvalue weighted by atomic mass is 16.5. The Bertz CT molecular complexity index is 905. The molecule has 26 heavy (non-hydrogen) atoms. The van der Waals surface area contributed by atoms with Crippen LogP contribution in [0.2, 0.25) is 0 Å². The molecule has 3 aromatic rings. The smallest absolute Gasteiger partial charge is 0.251 e. The van der Waals surface area contributed by atoms with E-state index in [1.54, 1.807) is 30.0 Å². The van der Waals surface area contributed by atoms with Gasteiger partial charge in [0.25, 0.3) is 5.91 Å². The molecule has 8 heteroatoms. The summed E-state index contributed by atoms with van der Waals surface area (Å²) in [5.41, 5.74) is 2.43. The molecule has 1 N–H and O–H groups in total. The quantitative estimate of drug-likeness (QED) is 0.728. The SMILES string of the molecule is COc1ccc(C(=O)NCc2nnnn2-c2ccc(C)cc2)cc1OC. The number of carbonyl (C=O) groups excluding carboxylic acids is 1. The van der Waals surface area contributed by atoms with E-state index in [0.29, 0.717) is 22.9 Å². The third kappa shape index (κ3) is 3.64. The van der Waals surface area contributed by atoms with Gasteiger partial charge in [0.15, 0.2) is 17.3 Å². The number of carbonyl (C=O) groups is 1. The highest BCUT2D eigenvalue weighted by Crippen LogP contribution is 2.27. The second-order valence-electron chi connectivity index (χ2n) is 5.59. The number of aryl methyl sites for hydroxylation is 1. The lowest BCUT2D eigenvalue weighted by Crippen LogP contribution is -2.24. The number of hydrogen-bond acceptors (Lipinski definition) is 6. The molecule has 0 bridgehead atoms. The summed E-state index contributed by atoms with van der Waals surface area (Å²) in [6.45, 7) is 2.20. The van der Waals surface area contributed by atoms with Crippen LogP contribution < -0.4 is 14.8 Å². The van der Waals surface area contributed by atoms with Gasteiger partial charge < -0.3 is 14.8 Å². The van der Waals surface area contributed by atoms with Crippen LogP contribution in [-0.2, 0) is 6.54 Å². The van der Waals surface area contributed by atoms with Crippen LogP contribution in [0.25, 0.3) is 5.69 Å². The zero-order valence-corrected chi connectivity index (χ0v) is 14.8. The molecule has 1 heterocycles. The van der Waals surface area contributed by atoms with Crippen LogP contribution in [0.4, 0.5) is 0 Å². The summed E-state index contributed by atoms with van der Waals surface area (Å²) in [5, 5.41) is 14.5. The van der Waals surface area contributed by atoms with Crippen molar-refractivity contribution in [3.8, 4) is 17.2 Å². The van der Waals surface area contributed by atoms with Gasteiger partial charge in [0.05, 0.1) is 26.5 Å². The number of nitrogens with zero attached hydrogens (tertiary/aromatic N) is 4. The van der Waals surface area contributed by atoms with E-state index < -0.39 is 0 Å². The van der Waals surface area contributed by atoms with Gasteiger partial charge in [0, 0.05) is 5.56 Å². The van der Waals surface area contributed by atoms with Crippen LogP contribution >= 0.6 is 0 Å². The number of ether oxygens (including phenoxy) is 2. The Morgan fingerprint density at radius 2 is 1.81 bits per heavy atom. The lowest BCUT2D eigenvalue weighted by molar-refractivity contribution is 0.0949. The highest BCUT2D eigenvalue weighted by molar-refractivity contribution is 5.94. The van der Waals surface area contributed by atoms with Gasteiger partial charge in [-0.05, 0) is 47.7 Å². The molecule has 0 saturated heterocycles. The first-order valence-electron chi connectivity index (χ1n) is 7.97. The first-order chi connectivity index (χ1) is 12.6. The van der Waals surface area contributed by atoms with E-state index in [2.05, 4.69) is 20.8 Å². The number of nitrogens with one attached hydrogen (secondary N) is 1.